The maximum absolute atomic E-state index is 4.31. The molecule has 18 heavy (non-hydrogen) atoms. The number of aromatic nitrogens is 2. The van der Waals surface area contributed by atoms with Crippen molar-refractivity contribution < 1.29 is 0 Å². The van der Waals surface area contributed by atoms with Gasteiger partial charge < -0.3 is 10.6 Å². The second-order valence-corrected chi connectivity index (χ2v) is 4.20. The molecular formula is C14H18N4. The van der Waals surface area contributed by atoms with Gasteiger partial charge in [-0.25, -0.2) is 9.97 Å². The van der Waals surface area contributed by atoms with Crippen molar-refractivity contribution in [3.8, 4) is 11.1 Å². The summed E-state index contributed by atoms with van der Waals surface area (Å²) >= 11 is 0. The van der Waals surface area contributed by atoms with Gasteiger partial charge in [0.15, 0.2) is 0 Å². The fourth-order valence-corrected chi connectivity index (χ4v) is 1.69. The van der Waals surface area contributed by atoms with Gasteiger partial charge in [-0.2, -0.15) is 0 Å². The number of hydrogen-bond acceptors (Lipinski definition) is 4. The molecule has 1 aromatic carbocycles. The largest absolute Gasteiger partial charge is 0.353 e. The Labute approximate surface area is 107 Å². The van der Waals surface area contributed by atoms with Gasteiger partial charge in [0.25, 0.3) is 0 Å². The Morgan fingerprint density at radius 3 is 2.50 bits per heavy atom. The number of rotatable bonds is 5. The molecule has 0 fully saturated rings. The standard InChI is InChI=1S/C14H18N4/c1-11-4-3-5-12(8-11)13-9-17-14(18-10-13)16-7-6-15-2/h3-5,8-10,15H,6-7H2,1-2H3,(H,16,17,18). The summed E-state index contributed by atoms with van der Waals surface area (Å²) in [6.07, 6.45) is 3.70. The molecule has 0 radical (unpaired) electrons. The first-order valence-corrected chi connectivity index (χ1v) is 6.07. The van der Waals surface area contributed by atoms with Gasteiger partial charge in [0, 0.05) is 31.0 Å². The summed E-state index contributed by atoms with van der Waals surface area (Å²) < 4.78 is 0. The fourth-order valence-electron chi connectivity index (χ4n) is 1.69. The zero-order valence-corrected chi connectivity index (χ0v) is 10.8. The van der Waals surface area contributed by atoms with Crippen molar-refractivity contribution in [1.29, 1.82) is 0 Å². The number of benzene rings is 1. The highest BCUT2D eigenvalue weighted by Gasteiger charge is 2.00. The first kappa shape index (κ1) is 12.5. The lowest BCUT2D eigenvalue weighted by Gasteiger charge is -2.05. The molecule has 0 unspecified atom stereocenters. The molecule has 4 heteroatoms. The normalized spacial score (nSPS) is 10.3. The molecule has 0 saturated heterocycles. The van der Waals surface area contributed by atoms with Crippen LogP contribution >= 0.6 is 0 Å². The van der Waals surface area contributed by atoms with Crippen molar-refractivity contribution in [2.75, 3.05) is 25.5 Å². The van der Waals surface area contributed by atoms with Crippen LogP contribution in [-0.4, -0.2) is 30.1 Å². The highest BCUT2D eigenvalue weighted by Crippen LogP contribution is 2.18. The molecule has 0 saturated carbocycles. The van der Waals surface area contributed by atoms with Crippen LogP contribution in [0.5, 0.6) is 0 Å². The quantitative estimate of drug-likeness (QED) is 0.788. The highest BCUT2D eigenvalue weighted by atomic mass is 15.1. The number of nitrogens with one attached hydrogen (secondary N) is 2. The van der Waals surface area contributed by atoms with Crippen LogP contribution in [0.2, 0.25) is 0 Å². The summed E-state index contributed by atoms with van der Waals surface area (Å²) in [5, 5.41) is 6.21. The number of anilines is 1. The summed E-state index contributed by atoms with van der Waals surface area (Å²) in [4.78, 5) is 8.61. The predicted octanol–water partition coefficient (Wildman–Crippen LogP) is 2.08. The molecule has 0 aliphatic heterocycles. The molecule has 0 atom stereocenters. The second-order valence-electron chi connectivity index (χ2n) is 4.20. The molecule has 2 rings (SSSR count). The summed E-state index contributed by atoms with van der Waals surface area (Å²) in [5.41, 5.74) is 3.43. The minimum absolute atomic E-state index is 0.668. The van der Waals surface area contributed by atoms with Crippen LogP contribution < -0.4 is 10.6 Å². The van der Waals surface area contributed by atoms with E-state index in [4.69, 9.17) is 0 Å². The van der Waals surface area contributed by atoms with E-state index in [2.05, 4.69) is 45.7 Å². The van der Waals surface area contributed by atoms with Crippen molar-refractivity contribution in [2.24, 2.45) is 0 Å². The average molecular weight is 242 g/mol. The van der Waals surface area contributed by atoms with Crippen LogP contribution in [0.4, 0.5) is 5.95 Å². The van der Waals surface area contributed by atoms with Crippen molar-refractivity contribution in [3.63, 3.8) is 0 Å². The van der Waals surface area contributed by atoms with E-state index in [1.807, 2.05) is 25.5 Å². The Balaban J connectivity index is 2.07. The van der Waals surface area contributed by atoms with E-state index < -0.39 is 0 Å². The number of aryl methyl sites for hydroxylation is 1. The summed E-state index contributed by atoms with van der Waals surface area (Å²) in [6, 6.07) is 8.33. The summed E-state index contributed by atoms with van der Waals surface area (Å²) in [6.45, 7) is 3.79. The van der Waals surface area contributed by atoms with Gasteiger partial charge in [-0.15, -0.1) is 0 Å². The van der Waals surface area contributed by atoms with Crippen molar-refractivity contribution >= 4 is 5.95 Å². The zero-order chi connectivity index (χ0) is 12.8. The van der Waals surface area contributed by atoms with Gasteiger partial charge in [-0.3, -0.25) is 0 Å². The molecule has 2 aromatic rings. The van der Waals surface area contributed by atoms with E-state index in [9.17, 15) is 0 Å². The molecule has 1 aromatic heterocycles. The molecule has 1 heterocycles. The van der Waals surface area contributed by atoms with Crippen molar-refractivity contribution in [2.45, 2.75) is 6.92 Å². The van der Waals surface area contributed by atoms with Crippen LogP contribution in [0, 0.1) is 6.92 Å². The van der Waals surface area contributed by atoms with E-state index in [1.165, 1.54) is 5.56 Å². The van der Waals surface area contributed by atoms with Gasteiger partial charge in [0.1, 0.15) is 0 Å². The van der Waals surface area contributed by atoms with Gasteiger partial charge >= 0.3 is 0 Å². The van der Waals surface area contributed by atoms with Gasteiger partial charge in [0.2, 0.25) is 5.95 Å². The summed E-state index contributed by atoms with van der Waals surface area (Å²) in [5.74, 6) is 0.668. The van der Waals surface area contributed by atoms with Crippen LogP contribution in [0.1, 0.15) is 5.56 Å². The van der Waals surface area contributed by atoms with E-state index in [-0.39, 0.29) is 0 Å². The van der Waals surface area contributed by atoms with E-state index in [0.717, 1.165) is 24.2 Å². The van der Waals surface area contributed by atoms with Crippen LogP contribution in [0.25, 0.3) is 11.1 Å². The zero-order valence-electron chi connectivity index (χ0n) is 10.8. The highest BCUT2D eigenvalue weighted by molar-refractivity contribution is 5.62. The molecular weight excluding hydrogens is 224 g/mol. The van der Waals surface area contributed by atoms with Gasteiger partial charge in [-0.1, -0.05) is 29.8 Å². The SMILES string of the molecule is CNCCNc1ncc(-c2cccc(C)c2)cn1. The first-order valence-electron chi connectivity index (χ1n) is 6.07. The lowest BCUT2D eigenvalue weighted by molar-refractivity contribution is 0.817. The van der Waals surface area contributed by atoms with E-state index in [1.54, 1.807) is 0 Å². The molecule has 0 aliphatic carbocycles. The third-order valence-electron chi connectivity index (χ3n) is 2.66. The molecule has 0 amide bonds. The Morgan fingerprint density at radius 1 is 1.06 bits per heavy atom. The Kier molecular flexibility index (Phi) is 4.25. The maximum Gasteiger partial charge on any atom is 0.222 e. The average Bonchev–Trinajstić information content (AvgIpc) is 2.40. The fraction of sp³-hybridized carbons (Fsp3) is 0.286. The summed E-state index contributed by atoms with van der Waals surface area (Å²) in [7, 11) is 1.92. The Hall–Kier alpha value is -1.94. The molecule has 94 valence electrons. The van der Waals surface area contributed by atoms with Gasteiger partial charge in [0.05, 0.1) is 0 Å². The first-order chi connectivity index (χ1) is 8.79. The second kappa shape index (κ2) is 6.12. The third-order valence-corrected chi connectivity index (χ3v) is 2.66. The molecule has 0 bridgehead atoms. The van der Waals surface area contributed by atoms with Crippen LogP contribution in [-0.2, 0) is 0 Å². The van der Waals surface area contributed by atoms with E-state index in [0.29, 0.717) is 5.95 Å². The number of likely N-dealkylation sites (N-methyl/N-ethyl adjacent to an activating group) is 1. The Morgan fingerprint density at radius 2 is 1.83 bits per heavy atom. The molecule has 2 N–H and O–H groups in total. The van der Waals surface area contributed by atoms with Crippen molar-refractivity contribution in [3.05, 3.63) is 42.2 Å². The molecule has 0 aliphatic rings. The monoisotopic (exact) mass is 242 g/mol. The topological polar surface area (TPSA) is 49.8 Å². The molecule has 4 nitrogen and oxygen atoms in total. The lowest BCUT2D eigenvalue weighted by Crippen LogP contribution is -2.18. The minimum atomic E-state index is 0.668. The lowest BCUT2D eigenvalue weighted by atomic mass is 10.1. The van der Waals surface area contributed by atoms with Gasteiger partial charge in [-0.05, 0) is 19.5 Å². The van der Waals surface area contributed by atoms with Crippen LogP contribution in [0.3, 0.4) is 0 Å². The van der Waals surface area contributed by atoms with E-state index >= 15 is 0 Å². The maximum atomic E-state index is 4.31. The molecule has 0 spiro atoms. The Bertz CT molecular complexity index is 493. The number of nitrogens with zero attached hydrogens (tertiary/aromatic N) is 2. The van der Waals surface area contributed by atoms with Crippen LogP contribution in [0.15, 0.2) is 36.7 Å². The van der Waals surface area contributed by atoms with Crippen molar-refractivity contribution in [1.82, 2.24) is 15.3 Å². The smallest absolute Gasteiger partial charge is 0.222 e. The predicted molar refractivity (Wildman–Crippen MR) is 74.6 cm³/mol. The number of hydrogen-bond donors (Lipinski definition) is 2. The third kappa shape index (κ3) is 3.28. The minimum Gasteiger partial charge on any atom is -0.353 e.